The zero-order valence-corrected chi connectivity index (χ0v) is 10.6. The van der Waals surface area contributed by atoms with Crippen molar-refractivity contribution in [2.75, 3.05) is 0 Å². The summed E-state index contributed by atoms with van der Waals surface area (Å²) in [4.78, 5) is 11.8. The van der Waals surface area contributed by atoms with Crippen molar-refractivity contribution in [1.29, 1.82) is 0 Å². The summed E-state index contributed by atoms with van der Waals surface area (Å²) in [6.45, 7) is 0. The number of carbonyl (C=O) groups is 1. The molecule has 0 unspecified atom stereocenters. The summed E-state index contributed by atoms with van der Waals surface area (Å²) in [6, 6.07) is 4.78. The summed E-state index contributed by atoms with van der Waals surface area (Å²) in [7, 11) is 1.67. The molecule has 0 saturated carbocycles. The van der Waals surface area contributed by atoms with E-state index in [1.54, 1.807) is 13.2 Å². The lowest BCUT2D eigenvalue weighted by Crippen LogP contribution is -2.04. The Morgan fingerprint density at radius 1 is 1.35 bits per heavy atom. The van der Waals surface area contributed by atoms with E-state index in [1.165, 1.54) is 35.2 Å². The van der Waals surface area contributed by atoms with Gasteiger partial charge in [-0.25, -0.2) is 0 Å². The van der Waals surface area contributed by atoms with Crippen molar-refractivity contribution >= 4 is 11.9 Å². The molecule has 0 amide bonds. The molecule has 0 aliphatic carbocycles. The number of carbonyl (C=O) groups excluding carboxylic acids is 1. The van der Waals surface area contributed by atoms with Crippen LogP contribution < -0.4 is 0 Å². The van der Waals surface area contributed by atoms with Gasteiger partial charge in [0.05, 0.1) is 17.3 Å². The Labute approximate surface area is 113 Å². The molecule has 6 heteroatoms. The van der Waals surface area contributed by atoms with Crippen LogP contribution >= 0.6 is 0 Å². The van der Waals surface area contributed by atoms with Gasteiger partial charge >= 0.3 is 6.18 Å². The lowest BCUT2D eigenvalue weighted by atomic mass is 10.1. The van der Waals surface area contributed by atoms with Gasteiger partial charge in [-0.15, -0.1) is 0 Å². The Bertz CT molecular complexity index is 656. The molecular weight excluding hydrogens is 269 g/mol. The maximum absolute atomic E-state index is 12.5. The Kier molecular flexibility index (Phi) is 3.74. The van der Waals surface area contributed by atoms with Crippen LogP contribution in [-0.4, -0.2) is 15.6 Å². The molecule has 1 aromatic carbocycles. The van der Waals surface area contributed by atoms with Gasteiger partial charge in [0, 0.05) is 13.2 Å². The minimum absolute atomic E-state index is 0.310. The quantitative estimate of drug-likeness (QED) is 0.638. The van der Waals surface area contributed by atoms with Crippen LogP contribution in [0.2, 0.25) is 0 Å². The Morgan fingerprint density at radius 2 is 2.10 bits per heavy atom. The molecule has 0 atom stereocenters. The largest absolute Gasteiger partial charge is 0.416 e. The van der Waals surface area contributed by atoms with Gasteiger partial charge in [0.25, 0.3) is 0 Å². The van der Waals surface area contributed by atoms with Gasteiger partial charge < -0.3 is 0 Å². The summed E-state index contributed by atoms with van der Waals surface area (Å²) in [5.41, 5.74) is -0.0405. The van der Waals surface area contributed by atoms with E-state index in [4.69, 9.17) is 0 Å². The fourth-order valence-corrected chi connectivity index (χ4v) is 1.64. The van der Waals surface area contributed by atoms with Gasteiger partial charge in [-0.1, -0.05) is 18.2 Å². The predicted octanol–water partition coefficient (Wildman–Crippen LogP) is 3.34. The fourth-order valence-electron chi connectivity index (χ4n) is 1.64. The van der Waals surface area contributed by atoms with Crippen molar-refractivity contribution in [2.24, 2.45) is 7.05 Å². The molecule has 0 N–H and O–H groups in total. The van der Waals surface area contributed by atoms with Crippen LogP contribution in [0.25, 0.3) is 6.08 Å². The number of hydrogen-bond donors (Lipinski definition) is 0. The molecule has 0 aliphatic rings. The van der Waals surface area contributed by atoms with E-state index in [0.717, 1.165) is 12.1 Å². The molecular formula is C14H11F3N2O. The van der Waals surface area contributed by atoms with Gasteiger partial charge in [-0.2, -0.15) is 18.3 Å². The number of aryl methyl sites for hydroxylation is 1. The van der Waals surface area contributed by atoms with Gasteiger partial charge in [0.2, 0.25) is 0 Å². The van der Waals surface area contributed by atoms with E-state index >= 15 is 0 Å². The molecule has 0 spiro atoms. The van der Waals surface area contributed by atoms with Crippen LogP contribution in [0.5, 0.6) is 0 Å². The van der Waals surface area contributed by atoms with Crippen molar-refractivity contribution in [2.45, 2.75) is 6.18 Å². The Balaban J connectivity index is 2.18. The number of aromatic nitrogens is 2. The minimum Gasteiger partial charge on any atom is -0.289 e. The van der Waals surface area contributed by atoms with Gasteiger partial charge in [0.1, 0.15) is 0 Å². The van der Waals surface area contributed by atoms with Crippen LogP contribution in [0.4, 0.5) is 13.2 Å². The molecule has 2 aromatic rings. The molecule has 0 saturated heterocycles. The van der Waals surface area contributed by atoms with Gasteiger partial charge in [-0.05, 0) is 23.8 Å². The third-order valence-electron chi connectivity index (χ3n) is 2.63. The molecule has 2 rings (SSSR count). The van der Waals surface area contributed by atoms with Gasteiger partial charge in [-0.3, -0.25) is 9.48 Å². The summed E-state index contributed by atoms with van der Waals surface area (Å²) >= 11 is 0. The van der Waals surface area contributed by atoms with Gasteiger partial charge in [0.15, 0.2) is 5.78 Å². The maximum Gasteiger partial charge on any atom is 0.416 e. The van der Waals surface area contributed by atoms with Crippen molar-refractivity contribution in [3.8, 4) is 0 Å². The average molecular weight is 280 g/mol. The molecule has 0 bridgehead atoms. The first-order valence-corrected chi connectivity index (χ1v) is 5.74. The topological polar surface area (TPSA) is 34.9 Å². The predicted molar refractivity (Wildman–Crippen MR) is 68.0 cm³/mol. The highest BCUT2D eigenvalue weighted by Crippen LogP contribution is 2.29. The monoisotopic (exact) mass is 280 g/mol. The Morgan fingerprint density at radius 3 is 2.70 bits per heavy atom. The molecule has 3 nitrogen and oxygen atoms in total. The molecule has 1 heterocycles. The van der Waals surface area contributed by atoms with Crippen LogP contribution in [0, 0.1) is 0 Å². The van der Waals surface area contributed by atoms with E-state index in [1.807, 2.05) is 0 Å². The fraction of sp³-hybridized carbons (Fsp3) is 0.143. The molecule has 104 valence electrons. The maximum atomic E-state index is 12.5. The summed E-state index contributed by atoms with van der Waals surface area (Å²) in [5, 5.41) is 3.85. The van der Waals surface area contributed by atoms with E-state index < -0.39 is 11.7 Å². The highest BCUT2D eigenvalue weighted by atomic mass is 19.4. The number of rotatable bonds is 3. The average Bonchev–Trinajstić information content (AvgIpc) is 2.82. The smallest absolute Gasteiger partial charge is 0.289 e. The molecule has 1 aromatic heterocycles. The third kappa shape index (κ3) is 3.34. The summed E-state index contributed by atoms with van der Waals surface area (Å²) < 4.78 is 39.1. The van der Waals surface area contributed by atoms with Crippen LogP contribution in [0.3, 0.4) is 0 Å². The van der Waals surface area contributed by atoms with E-state index in [2.05, 4.69) is 5.10 Å². The second-order valence-corrected chi connectivity index (χ2v) is 4.22. The minimum atomic E-state index is -4.39. The highest BCUT2D eigenvalue weighted by molar-refractivity contribution is 6.06. The van der Waals surface area contributed by atoms with E-state index in [0.29, 0.717) is 11.1 Å². The third-order valence-corrected chi connectivity index (χ3v) is 2.63. The van der Waals surface area contributed by atoms with E-state index in [9.17, 15) is 18.0 Å². The standard InChI is InChI=1S/C14H11F3N2O/c1-19-9-11(8-18-19)13(20)6-5-10-3-2-4-12(7-10)14(15,16)17/h2-9H,1H3/b6-5+. The van der Waals surface area contributed by atoms with Crippen molar-refractivity contribution in [3.63, 3.8) is 0 Å². The molecule has 0 aliphatic heterocycles. The Hall–Kier alpha value is -2.37. The summed E-state index contributed by atoms with van der Waals surface area (Å²) in [6.07, 6.45) is 1.13. The lowest BCUT2D eigenvalue weighted by Gasteiger charge is -2.06. The number of hydrogen-bond acceptors (Lipinski definition) is 2. The first kappa shape index (κ1) is 14.0. The lowest BCUT2D eigenvalue weighted by molar-refractivity contribution is -0.137. The first-order chi connectivity index (χ1) is 9.36. The van der Waals surface area contributed by atoms with Crippen molar-refractivity contribution < 1.29 is 18.0 Å². The number of benzene rings is 1. The SMILES string of the molecule is Cn1cc(C(=O)/C=C/c2cccc(C(F)(F)F)c2)cn1. The number of halogens is 3. The van der Waals surface area contributed by atoms with E-state index in [-0.39, 0.29) is 5.78 Å². The zero-order chi connectivity index (χ0) is 14.8. The second-order valence-electron chi connectivity index (χ2n) is 4.22. The van der Waals surface area contributed by atoms with Crippen LogP contribution in [-0.2, 0) is 13.2 Å². The highest BCUT2D eigenvalue weighted by Gasteiger charge is 2.30. The summed E-state index contributed by atoms with van der Waals surface area (Å²) in [5.74, 6) is -0.310. The molecule has 0 radical (unpaired) electrons. The molecule has 20 heavy (non-hydrogen) atoms. The first-order valence-electron chi connectivity index (χ1n) is 5.74. The van der Waals surface area contributed by atoms with Crippen LogP contribution in [0.1, 0.15) is 21.5 Å². The molecule has 0 fully saturated rings. The number of ketones is 1. The van der Waals surface area contributed by atoms with Crippen molar-refractivity contribution in [1.82, 2.24) is 9.78 Å². The number of nitrogens with zero attached hydrogens (tertiary/aromatic N) is 2. The zero-order valence-electron chi connectivity index (χ0n) is 10.6. The number of allylic oxidation sites excluding steroid dienone is 1. The number of alkyl halides is 3. The second kappa shape index (κ2) is 5.32. The van der Waals surface area contributed by atoms with Crippen molar-refractivity contribution in [3.05, 3.63) is 59.4 Å². The van der Waals surface area contributed by atoms with Crippen LogP contribution in [0.15, 0.2) is 42.7 Å². The normalized spacial score (nSPS) is 12.0.